The molecule has 0 aromatic heterocycles. The molecule has 0 spiro atoms. The van der Waals surface area contributed by atoms with Crippen LogP contribution in [-0.2, 0) is 4.79 Å². The second kappa shape index (κ2) is 4.19. The van der Waals surface area contributed by atoms with Crippen molar-refractivity contribution < 1.29 is 9.90 Å². The van der Waals surface area contributed by atoms with E-state index in [9.17, 15) is 9.90 Å². The highest BCUT2D eigenvalue weighted by Gasteiger charge is 2.21. The smallest absolute Gasteiger partial charge is 0.159 e. The monoisotopic (exact) mass is 266 g/mol. The lowest BCUT2D eigenvalue weighted by molar-refractivity contribution is -0.115. The molecule has 1 aliphatic carbocycles. The van der Waals surface area contributed by atoms with Crippen LogP contribution < -0.4 is 0 Å². The molecule has 1 aromatic rings. The van der Waals surface area contributed by atoms with Crippen molar-refractivity contribution >= 4 is 21.7 Å². The average Bonchev–Trinajstić information content (AvgIpc) is 2.16. The van der Waals surface area contributed by atoms with Crippen LogP contribution in [0.15, 0.2) is 40.6 Å². The van der Waals surface area contributed by atoms with E-state index in [2.05, 4.69) is 15.9 Å². The molecule has 0 aliphatic heterocycles. The van der Waals surface area contributed by atoms with Gasteiger partial charge in [-0.3, -0.25) is 4.79 Å². The van der Waals surface area contributed by atoms with E-state index in [1.54, 1.807) is 0 Å². The molecule has 2 nitrogen and oxygen atoms in total. The molecule has 78 valence electrons. The zero-order valence-corrected chi connectivity index (χ0v) is 9.70. The first-order valence-corrected chi connectivity index (χ1v) is 5.62. The van der Waals surface area contributed by atoms with E-state index in [-0.39, 0.29) is 17.5 Å². The minimum atomic E-state index is 0.00345. The fourth-order valence-corrected chi connectivity index (χ4v) is 2.28. The summed E-state index contributed by atoms with van der Waals surface area (Å²) in [4.78, 5) is 11.3. The fraction of sp³-hybridized carbons (Fsp3) is 0.250. The Balaban J connectivity index is 2.26. The quantitative estimate of drug-likeness (QED) is 0.847. The molecule has 0 radical (unpaired) electrons. The number of hydrogen-bond donors (Lipinski definition) is 1. The summed E-state index contributed by atoms with van der Waals surface area (Å²) in [7, 11) is 0. The highest BCUT2D eigenvalue weighted by atomic mass is 79.9. The van der Waals surface area contributed by atoms with Gasteiger partial charge >= 0.3 is 0 Å². The van der Waals surface area contributed by atoms with Gasteiger partial charge in [-0.05, 0) is 23.6 Å². The van der Waals surface area contributed by atoms with Crippen molar-refractivity contribution in [3.05, 3.63) is 46.1 Å². The van der Waals surface area contributed by atoms with Gasteiger partial charge < -0.3 is 5.11 Å². The molecule has 0 bridgehead atoms. The van der Waals surface area contributed by atoms with Crippen molar-refractivity contribution in [2.24, 2.45) is 0 Å². The van der Waals surface area contributed by atoms with Crippen LogP contribution in [0.3, 0.4) is 0 Å². The van der Waals surface area contributed by atoms with Gasteiger partial charge in [0, 0.05) is 23.4 Å². The first kappa shape index (κ1) is 10.4. The van der Waals surface area contributed by atoms with Crippen molar-refractivity contribution in [2.75, 3.05) is 0 Å². The summed E-state index contributed by atoms with van der Waals surface area (Å²) >= 11 is 3.40. The number of halogens is 1. The number of benzene rings is 1. The van der Waals surface area contributed by atoms with Gasteiger partial charge in [-0.15, -0.1) is 0 Å². The van der Waals surface area contributed by atoms with Crippen molar-refractivity contribution in [1.29, 1.82) is 0 Å². The molecule has 3 heteroatoms. The number of carbonyl (C=O) groups is 1. The van der Waals surface area contributed by atoms with E-state index in [4.69, 9.17) is 0 Å². The van der Waals surface area contributed by atoms with Crippen molar-refractivity contribution in [2.45, 2.75) is 18.8 Å². The lowest BCUT2D eigenvalue weighted by Gasteiger charge is -2.19. The molecule has 0 heterocycles. The van der Waals surface area contributed by atoms with Gasteiger partial charge in [-0.2, -0.15) is 0 Å². The molecule has 0 saturated carbocycles. The predicted molar refractivity (Wildman–Crippen MR) is 61.8 cm³/mol. The predicted octanol–water partition coefficient (Wildman–Crippen LogP) is 3.34. The number of hydrogen-bond acceptors (Lipinski definition) is 2. The maximum absolute atomic E-state index is 11.3. The Bertz CT molecular complexity index is 423. The van der Waals surface area contributed by atoms with Gasteiger partial charge in [0.2, 0.25) is 0 Å². The summed E-state index contributed by atoms with van der Waals surface area (Å²) in [6, 6.07) is 7.88. The van der Waals surface area contributed by atoms with Crippen LogP contribution in [0.2, 0.25) is 0 Å². The summed E-state index contributed by atoms with van der Waals surface area (Å²) in [5.74, 6) is 0.306. The molecule has 0 amide bonds. The van der Waals surface area contributed by atoms with Crippen LogP contribution in [0.5, 0.6) is 0 Å². The highest BCUT2D eigenvalue weighted by Crippen LogP contribution is 2.31. The summed E-state index contributed by atoms with van der Waals surface area (Å²) in [5.41, 5.74) is 1.09. The lowest BCUT2D eigenvalue weighted by atomic mass is 9.86. The largest absolute Gasteiger partial charge is 0.512 e. The van der Waals surface area contributed by atoms with Crippen molar-refractivity contribution in [1.82, 2.24) is 0 Å². The maximum atomic E-state index is 11.3. The number of aliphatic hydroxyl groups is 1. The molecule has 0 unspecified atom stereocenters. The molecule has 0 saturated heterocycles. The average molecular weight is 267 g/mol. The molecular weight excluding hydrogens is 256 g/mol. The van der Waals surface area contributed by atoms with Gasteiger partial charge in [0.15, 0.2) is 5.78 Å². The van der Waals surface area contributed by atoms with Crippen molar-refractivity contribution in [3.63, 3.8) is 0 Å². The molecule has 1 N–H and O–H groups in total. The minimum absolute atomic E-state index is 0.00345. The van der Waals surface area contributed by atoms with E-state index >= 15 is 0 Å². The van der Waals surface area contributed by atoms with E-state index in [1.165, 1.54) is 6.08 Å². The van der Waals surface area contributed by atoms with Gasteiger partial charge in [0.05, 0.1) is 5.76 Å². The normalized spacial score (nSPS) is 21.3. The highest BCUT2D eigenvalue weighted by molar-refractivity contribution is 9.10. The third-order valence-corrected chi connectivity index (χ3v) is 3.04. The summed E-state index contributed by atoms with van der Waals surface area (Å²) in [6.07, 6.45) is 2.37. The molecule has 1 atom stereocenters. The van der Waals surface area contributed by atoms with Crippen LogP contribution >= 0.6 is 15.9 Å². The first-order valence-electron chi connectivity index (χ1n) is 4.83. The number of aliphatic hydroxyl groups excluding tert-OH is 1. The van der Waals surface area contributed by atoms with Gasteiger partial charge in [0.25, 0.3) is 0 Å². The summed E-state index contributed by atoms with van der Waals surface area (Å²) in [5, 5.41) is 9.41. The number of allylic oxidation sites excluding steroid dienone is 2. The first-order chi connectivity index (χ1) is 7.15. The molecule has 15 heavy (non-hydrogen) atoms. The standard InChI is InChI=1S/C12H11BrO2/c13-10-3-1-2-8(4-10)9-5-11(14)7-12(15)6-9/h1-4,7,9,14H,5-6H2/t9-/m0/s1. The van der Waals surface area contributed by atoms with Crippen LogP contribution in [0.4, 0.5) is 0 Å². The third-order valence-electron chi connectivity index (χ3n) is 2.55. The zero-order valence-electron chi connectivity index (χ0n) is 8.11. The molecule has 1 aromatic carbocycles. The van der Waals surface area contributed by atoms with Gasteiger partial charge in [-0.1, -0.05) is 28.1 Å². The van der Waals surface area contributed by atoms with Crippen LogP contribution in [0, 0.1) is 0 Å². The van der Waals surface area contributed by atoms with E-state index in [0.29, 0.717) is 12.8 Å². The Hall–Kier alpha value is -1.09. The van der Waals surface area contributed by atoms with Crippen LogP contribution in [0.25, 0.3) is 0 Å². The van der Waals surface area contributed by atoms with Gasteiger partial charge in [-0.25, -0.2) is 0 Å². The third kappa shape index (κ3) is 2.48. The molecule has 2 rings (SSSR count). The lowest BCUT2D eigenvalue weighted by Crippen LogP contribution is -2.12. The Labute approximate surface area is 96.7 Å². The van der Waals surface area contributed by atoms with Gasteiger partial charge in [0.1, 0.15) is 0 Å². The van der Waals surface area contributed by atoms with Crippen LogP contribution in [0.1, 0.15) is 24.3 Å². The molecule has 0 fully saturated rings. The Morgan fingerprint density at radius 3 is 2.80 bits per heavy atom. The van der Waals surface area contributed by atoms with E-state index < -0.39 is 0 Å². The summed E-state index contributed by atoms with van der Waals surface area (Å²) < 4.78 is 1.00. The number of rotatable bonds is 1. The topological polar surface area (TPSA) is 37.3 Å². The van der Waals surface area contributed by atoms with E-state index in [0.717, 1.165) is 10.0 Å². The van der Waals surface area contributed by atoms with E-state index in [1.807, 2.05) is 24.3 Å². The second-order valence-electron chi connectivity index (χ2n) is 3.76. The molecule has 1 aliphatic rings. The molecular formula is C12H11BrO2. The second-order valence-corrected chi connectivity index (χ2v) is 4.68. The minimum Gasteiger partial charge on any atom is -0.512 e. The summed E-state index contributed by atoms with van der Waals surface area (Å²) in [6.45, 7) is 0. The Kier molecular flexibility index (Phi) is 2.91. The Morgan fingerprint density at radius 1 is 1.33 bits per heavy atom. The SMILES string of the molecule is O=C1C=C(O)C[C@H](c2cccc(Br)c2)C1. The fourth-order valence-electron chi connectivity index (χ4n) is 1.87. The number of carbonyl (C=O) groups excluding carboxylic acids is 1. The number of ketones is 1. The zero-order chi connectivity index (χ0) is 10.8. The van der Waals surface area contributed by atoms with Crippen molar-refractivity contribution in [3.8, 4) is 0 Å². The maximum Gasteiger partial charge on any atom is 0.159 e. The Morgan fingerprint density at radius 2 is 2.13 bits per heavy atom. The van der Waals surface area contributed by atoms with Crippen LogP contribution in [-0.4, -0.2) is 10.9 Å².